The number of halogens is 3. The molecule has 1 N–H and O–H groups in total. The van der Waals surface area contributed by atoms with Gasteiger partial charge in [-0.25, -0.2) is 0 Å². The molecule has 0 bridgehead atoms. The van der Waals surface area contributed by atoms with Gasteiger partial charge in [-0.2, -0.15) is 13.2 Å². The first-order valence-corrected chi connectivity index (χ1v) is 4.21. The van der Waals surface area contributed by atoms with Crippen LogP contribution in [0.15, 0.2) is 24.3 Å². The molecule has 0 saturated carbocycles. The topological polar surface area (TPSA) is 38.3 Å². The van der Waals surface area contributed by atoms with E-state index in [1.54, 1.807) is 5.32 Å². The van der Waals surface area contributed by atoms with Crippen molar-refractivity contribution in [2.75, 3.05) is 13.6 Å². The fraction of sp³-hybridized carbons (Fsp3) is 0.300. The Morgan fingerprint density at radius 1 is 1.50 bits per heavy atom. The van der Waals surface area contributed by atoms with Gasteiger partial charge in [0.25, 0.3) is 5.91 Å². The lowest BCUT2D eigenvalue weighted by Gasteiger charge is -2.10. The average molecular weight is 236 g/mol. The van der Waals surface area contributed by atoms with Crippen LogP contribution in [-0.2, 0) is 0 Å². The number of hydrogen-bond donors (Lipinski definition) is 1. The largest absolute Gasteiger partial charge is 0.496 e. The number of amides is 1. The number of hydrogen-bond acceptors (Lipinski definition) is 2. The molecule has 0 unspecified atom stereocenters. The minimum atomic E-state index is -4.55. The van der Waals surface area contributed by atoms with Crippen LogP contribution < -0.4 is 10.1 Å². The highest BCUT2D eigenvalue weighted by Gasteiger charge is 2.28. The zero-order chi connectivity index (χ0) is 14.7. The Balaban J connectivity index is 2.85. The fourth-order valence-corrected chi connectivity index (χ4v) is 1.02. The van der Waals surface area contributed by atoms with Crippen LogP contribution in [0.1, 0.15) is 14.5 Å². The highest BCUT2D eigenvalue weighted by Crippen LogP contribution is 2.18. The molecule has 0 fully saturated rings. The monoisotopic (exact) mass is 236 g/mol. The van der Waals surface area contributed by atoms with Gasteiger partial charge in [0.2, 0.25) is 0 Å². The molecular weight excluding hydrogens is 223 g/mol. The minimum absolute atomic E-state index is 0.275. The van der Waals surface area contributed by atoms with Crippen molar-refractivity contribution in [3.05, 3.63) is 29.8 Å². The van der Waals surface area contributed by atoms with Crippen LogP contribution in [-0.4, -0.2) is 25.7 Å². The van der Waals surface area contributed by atoms with Crippen LogP contribution in [0.4, 0.5) is 13.2 Å². The number of carbonyl (C=O) groups excluding carboxylic acids is 1. The normalized spacial score (nSPS) is 14.6. The summed E-state index contributed by atoms with van der Waals surface area (Å²) in [5.74, 6) is -1.36. The van der Waals surface area contributed by atoms with Crippen molar-refractivity contribution in [1.82, 2.24) is 5.32 Å². The molecule has 0 aliphatic rings. The molecule has 1 aromatic rings. The minimum Gasteiger partial charge on any atom is -0.496 e. The third-order valence-electron chi connectivity index (χ3n) is 1.69. The van der Waals surface area contributed by atoms with E-state index in [0.717, 1.165) is 0 Å². The number of para-hydroxylation sites is 1. The Bertz CT molecular complexity index is 460. The molecule has 0 saturated heterocycles. The van der Waals surface area contributed by atoms with Crippen LogP contribution in [0.3, 0.4) is 0 Å². The summed E-state index contributed by atoms with van der Waals surface area (Å²) in [6.45, 7) is -1.51. The van der Waals surface area contributed by atoms with Crippen LogP contribution >= 0.6 is 0 Å². The standard InChI is InChI=1S/C10H10F3NO2/c1-16-8-5-3-2-4-7(8)9(15)14-6-10(11,12)13/h2-5H,6H2,1H3,(H,14,15)/i1D3. The third-order valence-corrected chi connectivity index (χ3v) is 1.69. The number of nitrogens with one attached hydrogen (secondary N) is 1. The number of ether oxygens (including phenoxy) is 1. The molecule has 0 radical (unpaired) electrons. The van der Waals surface area contributed by atoms with Gasteiger partial charge in [-0.1, -0.05) is 12.1 Å². The maximum absolute atomic E-state index is 12.0. The van der Waals surface area contributed by atoms with Gasteiger partial charge in [0.15, 0.2) is 0 Å². The van der Waals surface area contributed by atoms with Crippen molar-refractivity contribution >= 4 is 5.91 Å². The number of carbonyl (C=O) groups is 1. The predicted octanol–water partition coefficient (Wildman–Crippen LogP) is 1.99. The second-order valence-corrected chi connectivity index (χ2v) is 2.90. The smallest absolute Gasteiger partial charge is 0.405 e. The fourth-order valence-electron chi connectivity index (χ4n) is 1.02. The summed E-state index contributed by atoms with van der Waals surface area (Å²) in [7, 11) is -2.79. The molecule has 0 aliphatic heterocycles. The lowest BCUT2D eigenvalue weighted by Crippen LogP contribution is -2.33. The van der Waals surface area contributed by atoms with Gasteiger partial charge in [0.05, 0.1) is 16.7 Å². The van der Waals surface area contributed by atoms with E-state index in [4.69, 9.17) is 4.11 Å². The molecule has 0 heterocycles. The number of alkyl halides is 3. The van der Waals surface area contributed by atoms with E-state index < -0.39 is 25.7 Å². The maximum Gasteiger partial charge on any atom is 0.405 e. The lowest BCUT2D eigenvalue weighted by atomic mass is 10.2. The van der Waals surface area contributed by atoms with Crippen LogP contribution in [0.2, 0.25) is 0 Å². The summed E-state index contributed by atoms with van der Waals surface area (Å²) in [5, 5.41) is 1.64. The zero-order valence-corrected chi connectivity index (χ0v) is 7.97. The molecule has 1 aromatic carbocycles. The Labute approximate surface area is 94.4 Å². The second-order valence-electron chi connectivity index (χ2n) is 2.90. The van der Waals surface area contributed by atoms with Crippen LogP contribution in [0.25, 0.3) is 0 Å². The van der Waals surface area contributed by atoms with E-state index in [2.05, 4.69) is 4.74 Å². The van der Waals surface area contributed by atoms with Crippen molar-refractivity contribution in [2.45, 2.75) is 6.18 Å². The highest BCUT2D eigenvalue weighted by atomic mass is 19.4. The first kappa shape index (κ1) is 8.43. The number of benzene rings is 1. The van der Waals surface area contributed by atoms with Crippen LogP contribution in [0, 0.1) is 0 Å². The van der Waals surface area contributed by atoms with Gasteiger partial charge in [-0.3, -0.25) is 4.79 Å². The molecule has 16 heavy (non-hydrogen) atoms. The lowest BCUT2D eigenvalue weighted by molar-refractivity contribution is -0.123. The molecule has 6 heteroatoms. The third kappa shape index (κ3) is 3.45. The average Bonchev–Trinajstić information content (AvgIpc) is 2.23. The summed E-state index contributed by atoms with van der Waals surface area (Å²) in [5.41, 5.74) is -0.275. The first-order valence-electron chi connectivity index (χ1n) is 5.71. The van der Waals surface area contributed by atoms with E-state index in [0.29, 0.717) is 0 Å². The van der Waals surface area contributed by atoms with Gasteiger partial charge >= 0.3 is 6.18 Å². The van der Waals surface area contributed by atoms with Crippen molar-refractivity contribution in [3.63, 3.8) is 0 Å². The molecule has 1 amide bonds. The van der Waals surface area contributed by atoms with E-state index >= 15 is 0 Å². The summed E-state index contributed by atoms with van der Waals surface area (Å²) >= 11 is 0. The Morgan fingerprint density at radius 2 is 2.19 bits per heavy atom. The summed E-state index contributed by atoms with van der Waals surface area (Å²) < 4.78 is 61.2. The number of rotatable bonds is 3. The molecule has 0 atom stereocenters. The van der Waals surface area contributed by atoms with Gasteiger partial charge in [-0.15, -0.1) is 0 Å². The van der Waals surface area contributed by atoms with Crippen molar-refractivity contribution < 1.29 is 26.8 Å². The summed E-state index contributed by atoms with van der Waals surface area (Å²) in [6, 6.07) is 5.15. The molecule has 0 aliphatic carbocycles. The van der Waals surface area contributed by atoms with Crippen molar-refractivity contribution in [2.24, 2.45) is 0 Å². The second kappa shape index (κ2) is 4.87. The Hall–Kier alpha value is -1.72. The van der Waals surface area contributed by atoms with E-state index in [-0.39, 0.29) is 11.3 Å². The highest BCUT2D eigenvalue weighted by molar-refractivity contribution is 5.96. The Kier molecular flexibility index (Phi) is 2.57. The quantitative estimate of drug-likeness (QED) is 0.871. The van der Waals surface area contributed by atoms with Gasteiger partial charge in [-0.05, 0) is 12.1 Å². The first-order chi connectivity index (χ1) is 8.58. The summed E-state index contributed by atoms with van der Waals surface area (Å²) in [4.78, 5) is 11.5. The maximum atomic E-state index is 12.0. The molecule has 1 rings (SSSR count). The van der Waals surface area contributed by atoms with E-state index in [9.17, 15) is 18.0 Å². The number of methoxy groups -OCH3 is 1. The summed E-state index contributed by atoms with van der Waals surface area (Å²) in [6.07, 6.45) is -4.55. The predicted molar refractivity (Wildman–Crippen MR) is 51.4 cm³/mol. The molecule has 88 valence electrons. The Morgan fingerprint density at radius 3 is 2.81 bits per heavy atom. The SMILES string of the molecule is [2H]C([2H])([2H])Oc1ccccc1C(=O)NCC(F)(F)F. The van der Waals surface area contributed by atoms with Gasteiger partial charge in [0, 0.05) is 0 Å². The molecule has 0 aromatic heterocycles. The van der Waals surface area contributed by atoms with Crippen molar-refractivity contribution in [3.8, 4) is 5.75 Å². The molecule has 0 spiro atoms. The van der Waals surface area contributed by atoms with Crippen LogP contribution in [0.5, 0.6) is 5.75 Å². The zero-order valence-electron chi connectivity index (χ0n) is 11.0. The molecule has 3 nitrogen and oxygen atoms in total. The van der Waals surface area contributed by atoms with Crippen molar-refractivity contribution in [1.29, 1.82) is 0 Å². The van der Waals surface area contributed by atoms with E-state index in [1.165, 1.54) is 24.3 Å². The van der Waals surface area contributed by atoms with E-state index in [1.807, 2.05) is 0 Å². The molecular formula is C10H10F3NO2. The van der Waals surface area contributed by atoms with Gasteiger partial charge < -0.3 is 10.1 Å². The van der Waals surface area contributed by atoms with Gasteiger partial charge in [0.1, 0.15) is 12.3 Å².